The zero-order chi connectivity index (χ0) is 13.9. The molecule has 0 saturated carbocycles. The van der Waals surface area contributed by atoms with Crippen molar-refractivity contribution in [1.29, 1.82) is 0 Å². The monoisotopic (exact) mass is 256 g/mol. The molecule has 5 heteroatoms. The first-order valence-electron chi connectivity index (χ1n) is 6.61. The number of carbonyl (C=O) groups is 2. The molecule has 1 aliphatic rings. The van der Waals surface area contributed by atoms with Crippen LogP contribution >= 0.6 is 0 Å². The molecule has 5 nitrogen and oxygen atoms in total. The number of hydrogen-bond donors (Lipinski definition) is 2. The Balaban J connectivity index is 2.48. The van der Waals surface area contributed by atoms with E-state index in [1.54, 1.807) is 18.7 Å². The van der Waals surface area contributed by atoms with Gasteiger partial charge in [-0.25, -0.2) is 4.79 Å². The number of piperidine rings is 1. The van der Waals surface area contributed by atoms with Crippen molar-refractivity contribution in [1.82, 2.24) is 10.2 Å². The summed E-state index contributed by atoms with van der Waals surface area (Å²) in [6.07, 6.45) is 1.01. The highest BCUT2D eigenvalue weighted by atomic mass is 16.4. The number of carboxylic acid groups (broad SMARTS) is 1. The maximum Gasteiger partial charge on any atom is 0.317 e. The van der Waals surface area contributed by atoms with E-state index >= 15 is 0 Å². The summed E-state index contributed by atoms with van der Waals surface area (Å²) in [4.78, 5) is 24.6. The molecule has 0 bridgehead atoms. The molecule has 2 N–H and O–H groups in total. The van der Waals surface area contributed by atoms with Crippen LogP contribution in [0.1, 0.15) is 34.1 Å². The minimum atomic E-state index is -0.886. The van der Waals surface area contributed by atoms with E-state index in [0.29, 0.717) is 11.8 Å². The molecule has 1 rings (SSSR count). The molecule has 18 heavy (non-hydrogen) atoms. The van der Waals surface area contributed by atoms with Gasteiger partial charge in [-0.2, -0.15) is 0 Å². The third kappa shape index (κ3) is 3.62. The topological polar surface area (TPSA) is 69.6 Å². The number of carboxylic acids is 1. The molecule has 104 valence electrons. The van der Waals surface area contributed by atoms with Gasteiger partial charge in [0.05, 0.1) is 5.92 Å². The third-order valence-electron chi connectivity index (χ3n) is 4.11. The van der Waals surface area contributed by atoms with Crippen LogP contribution in [0.5, 0.6) is 0 Å². The van der Waals surface area contributed by atoms with E-state index < -0.39 is 11.9 Å². The molecule has 0 spiro atoms. The minimum Gasteiger partial charge on any atom is -0.481 e. The summed E-state index contributed by atoms with van der Waals surface area (Å²) in [6.45, 7) is 9.19. The molecule has 0 aromatic rings. The second-order valence-corrected chi connectivity index (χ2v) is 5.55. The van der Waals surface area contributed by atoms with Crippen molar-refractivity contribution in [2.75, 3.05) is 13.1 Å². The zero-order valence-corrected chi connectivity index (χ0v) is 11.6. The first kappa shape index (κ1) is 14.8. The van der Waals surface area contributed by atoms with Gasteiger partial charge in [0.25, 0.3) is 0 Å². The van der Waals surface area contributed by atoms with E-state index in [4.69, 9.17) is 5.11 Å². The van der Waals surface area contributed by atoms with Crippen molar-refractivity contribution in [3.05, 3.63) is 0 Å². The van der Waals surface area contributed by atoms with E-state index in [1.807, 2.05) is 0 Å². The Hall–Kier alpha value is -1.26. The number of likely N-dealkylation sites (tertiary alicyclic amines) is 1. The van der Waals surface area contributed by atoms with Crippen LogP contribution in [0.2, 0.25) is 0 Å². The van der Waals surface area contributed by atoms with Gasteiger partial charge in [0.2, 0.25) is 0 Å². The molecular formula is C13H24N2O3. The van der Waals surface area contributed by atoms with Crippen molar-refractivity contribution in [2.24, 2.45) is 17.8 Å². The molecule has 2 amide bonds. The van der Waals surface area contributed by atoms with Gasteiger partial charge < -0.3 is 15.3 Å². The quantitative estimate of drug-likeness (QED) is 0.808. The van der Waals surface area contributed by atoms with Crippen LogP contribution in [0.4, 0.5) is 4.79 Å². The summed E-state index contributed by atoms with van der Waals surface area (Å²) < 4.78 is 0. The Morgan fingerprint density at radius 2 is 1.89 bits per heavy atom. The largest absolute Gasteiger partial charge is 0.481 e. The van der Waals surface area contributed by atoms with Gasteiger partial charge >= 0.3 is 12.0 Å². The zero-order valence-electron chi connectivity index (χ0n) is 11.6. The van der Waals surface area contributed by atoms with Crippen LogP contribution in [0.15, 0.2) is 0 Å². The number of carbonyl (C=O) groups excluding carboxylic acids is 1. The van der Waals surface area contributed by atoms with Gasteiger partial charge in [-0.3, -0.25) is 4.79 Å². The Labute approximate surface area is 109 Å². The average molecular weight is 256 g/mol. The van der Waals surface area contributed by atoms with Crippen LogP contribution in [-0.2, 0) is 4.79 Å². The highest BCUT2D eigenvalue weighted by Crippen LogP contribution is 2.22. The highest BCUT2D eigenvalue weighted by Gasteiger charge is 2.28. The smallest absolute Gasteiger partial charge is 0.317 e. The number of aliphatic carboxylic acids is 1. The van der Waals surface area contributed by atoms with Crippen LogP contribution in [0, 0.1) is 17.8 Å². The van der Waals surface area contributed by atoms with Crippen LogP contribution in [0.25, 0.3) is 0 Å². The standard InChI is InChI=1S/C13H24N2O3/c1-8-5-6-15(7-9(8)2)13(18)14-11(4)10(3)12(16)17/h8-11H,5-7H2,1-4H3,(H,14,18)(H,16,17). The molecule has 0 aliphatic carbocycles. The molecule has 1 heterocycles. The molecular weight excluding hydrogens is 232 g/mol. The summed E-state index contributed by atoms with van der Waals surface area (Å²) in [6, 6.07) is -0.501. The lowest BCUT2D eigenvalue weighted by molar-refractivity contribution is -0.141. The van der Waals surface area contributed by atoms with E-state index in [2.05, 4.69) is 19.2 Å². The van der Waals surface area contributed by atoms with Crippen LogP contribution < -0.4 is 5.32 Å². The van der Waals surface area contributed by atoms with Crippen molar-refractivity contribution in [2.45, 2.75) is 40.2 Å². The lowest BCUT2D eigenvalue weighted by Gasteiger charge is -2.36. The third-order valence-corrected chi connectivity index (χ3v) is 4.11. The Kier molecular flexibility index (Phi) is 4.99. The fourth-order valence-corrected chi connectivity index (χ4v) is 2.07. The molecule has 4 unspecified atom stereocenters. The Morgan fingerprint density at radius 1 is 1.28 bits per heavy atom. The number of rotatable bonds is 3. The van der Waals surface area contributed by atoms with Gasteiger partial charge in [0.1, 0.15) is 0 Å². The van der Waals surface area contributed by atoms with Crippen LogP contribution in [-0.4, -0.2) is 41.1 Å². The first-order chi connectivity index (χ1) is 8.32. The SMILES string of the molecule is CC1CCN(C(=O)NC(C)C(C)C(=O)O)CC1C. The molecule has 0 radical (unpaired) electrons. The van der Waals surface area contributed by atoms with E-state index in [0.717, 1.165) is 19.5 Å². The van der Waals surface area contributed by atoms with Crippen molar-refractivity contribution >= 4 is 12.0 Å². The van der Waals surface area contributed by atoms with E-state index in [-0.39, 0.29) is 12.1 Å². The molecule has 1 fully saturated rings. The first-order valence-corrected chi connectivity index (χ1v) is 6.61. The van der Waals surface area contributed by atoms with Gasteiger partial charge in [0, 0.05) is 19.1 Å². The van der Waals surface area contributed by atoms with Gasteiger partial charge in [-0.1, -0.05) is 13.8 Å². The maximum absolute atomic E-state index is 12.0. The second kappa shape index (κ2) is 6.07. The lowest BCUT2D eigenvalue weighted by atomic mass is 9.89. The predicted octanol–water partition coefficient (Wildman–Crippen LogP) is 1.78. The summed E-state index contributed by atoms with van der Waals surface area (Å²) in [5, 5.41) is 11.7. The van der Waals surface area contributed by atoms with Crippen molar-refractivity contribution < 1.29 is 14.7 Å². The fraction of sp³-hybridized carbons (Fsp3) is 0.846. The molecule has 0 aromatic heterocycles. The van der Waals surface area contributed by atoms with E-state index in [1.165, 1.54) is 0 Å². The molecule has 1 saturated heterocycles. The van der Waals surface area contributed by atoms with Crippen molar-refractivity contribution in [3.8, 4) is 0 Å². The molecule has 4 atom stereocenters. The van der Waals surface area contributed by atoms with Crippen molar-refractivity contribution in [3.63, 3.8) is 0 Å². The minimum absolute atomic E-state index is 0.144. The number of hydrogen-bond acceptors (Lipinski definition) is 2. The summed E-state index contributed by atoms with van der Waals surface area (Å²) >= 11 is 0. The Bertz CT molecular complexity index is 319. The second-order valence-electron chi connectivity index (χ2n) is 5.55. The number of urea groups is 1. The summed E-state index contributed by atoms with van der Waals surface area (Å²) in [5.74, 6) is -0.320. The summed E-state index contributed by atoms with van der Waals surface area (Å²) in [7, 11) is 0. The predicted molar refractivity (Wildman–Crippen MR) is 69.3 cm³/mol. The normalized spacial score (nSPS) is 27.4. The lowest BCUT2D eigenvalue weighted by Crippen LogP contribution is -2.51. The number of amides is 2. The van der Waals surface area contributed by atoms with Gasteiger partial charge in [0.15, 0.2) is 0 Å². The van der Waals surface area contributed by atoms with E-state index in [9.17, 15) is 9.59 Å². The molecule has 1 aliphatic heterocycles. The Morgan fingerprint density at radius 3 is 2.39 bits per heavy atom. The average Bonchev–Trinajstić information content (AvgIpc) is 2.31. The summed E-state index contributed by atoms with van der Waals surface area (Å²) in [5.41, 5.74) is 0. The fourth-order valence-electron chi connectivity index (χ4n) is 2.07. The highest BCUT2D eigenvalue weighted by molar-refractivity contribution is 5.76. The number of nitrogens with zero attached hydrogens (tertiary/aromatic N) is 1. The van der Waals surface area contributed by atoms with Crippen LogP contribution in [0.3, 0.4) is 0 Å². The maximum atomic E-state index is 12.0. The van der Waals surface area contributed by atoms with Gasteiger partial charge in [-0.05, 0) is 32.1 Å². The van der Waals surface area contributed by atoms with Gasteiger partial charge in [-0.15, -0.1) is 0 Å². The molecule has 0 aromatic carbocycles. The number of nitrogens with one attached hydrogen (secondary N) is 1.